The number of hydrogen-bond donors (Lipinski definition) is 0. The van der Waals surface area contributed by atoms with Gasteiger partial charge in [-0.25, -0.2) is 0 Å². The molecule has 7 heteroatoms. The molecule has 0 aromatic heterocycles. The van der Waals surface area contributed by atoms with Gasteiger partial charge in [-0.3, -0.25) is 4.90 Å². The molecule has 2 aromatic carbocycles. The summed E-state index contributed by atoms with van der Waals surface area (Å²) in [5.41, 5.74) is 2.94. The summed E-state index contributed by atoms with van der Waals surface area (Å²) in [6, 6.07) is 9.57. The predicted molar refractivity (Wildman–Crippen MR) is 114 cm³/mol. The number of halogens is 4. The van der Waals surface area contributed by atoms with Crippen LogP contribution in [0.15, 0.2) is 36.4 Å². The first kappa shape index (κ1) is 21.3. The van der Waals surface area contributed by atoms with Gasteiger partial charge in [0.2, 0.25) is 0 Å². The topological polar surface area (TPSA) is 15.7 Å². The molecule has 1 heterocycles. The van der Waals surface area contributed by atoms with E-state index in [-0.39, 0.29) is 0 Å². The molecule has 162 valence electrons. The van der Waals surface area contributed by atoms with Crippen molar-refractivity contribution in [1.82, 2.24) is 4.90 Å². The molecule has 0 spiro atoms. The third kappa shape index (κ3) is 5.03. The van der Waals surface area contributed by atoms with E-state index in [4.69, 9.17) is 16.3 Å². The highest BCUT2D eigenvalue weighted by Crippen LogP contribution is 2.33. The third-order valence-corrected chi connectivity index (χ3v) is 6.25. The van der Waals surface area contributed by atoms with Crippen molar-refractivity contribution in [3.63, 3.8) is 0 Å². The van der Waals surface area contributed by atoms with Crippen molar-refractivity contribution in [3.05, 3.63) is 58.1 Å². The summed E-state index contributed by atoms with van der Waals surface area (Å²) in [7, 11) is 0. The molecule has 0 radical (unpaired) electrons. The zero-order valence-electron chi connectivity index (χ0n) is 16.8. The Hall–Kier alpha value is -1.92. The molecule has 0 unspecified atom stereocenters. The second-order valence-corrected chi connectivity index (χ2v) is 8.39. The number of hydrogen-bond acceptors (Lipinski definition) is 3. The molecule has 1 saturated heterocycles. The highest BCUT2D eigenvalue weighted by Gasteiger charge is 2.30. The predicted octanol–water partition coefficient (Wildman–Crippen LogP) is 5.44. The van der Waals surface area contributed by atoms with Gasteiger partial charge in [0, 0.05) is 38.4 Å². The Kier molecular flexibility index (Phi) is 6.44. The minimum atomic E-state index is -4.29. The van der Waals surface area contributed by atoms with Gasteiger partial charge in [0.05, 0.1) is 17.2 Å². The van der Waals surface area contributed by atoms with Gasteiger partial charge in [-0.2, -0.15) is 13.2 Å². The Morgan fingerprint density at radius 1 is 0.933 bits per heavy atom. The minimum Gasteiger partial charge on any atom is -0.492 e. The highest BCUT2D eigenvalue weighted by molar-refractivity contribution is 6.32. The maximum atomic E-state index is 12.7. The Balaban J connectivity index is 1.19. The van der Waals surface area contributed by atoms with Crippen LogP contribution in [-0.2, 0) is 19.0 Å². The van der Waals surface area contributed by atoms with Gasteiger partial charge in [0.1, 0.15) is 5.75 Å². The fourth-order valence-corrected chi connectivity index (χ4v) is 4.48. The van der Waals surface area contributed by atoms with E-state index in [1.54, 1.807) is 12.1 Å². The fraction of sp³-hybridized carbons (Fsp3) is 0.478. The normalized spacial score (nSPS) is 17.3. The van der Waals surface area contributed by atoms with Gasteiger partial charge in [0.15, 0.2) is 0 Å². The second kappa shape index (κ2) is 9.06. The van der Waals surface area contributed by atoms with Crippen molar-refractivity contribution < 1.29 is 17.9 Å². The van der Waals surface area contributed by atoms with E-state index in [1.165, 1.54) is 17.5 Å². The average Bonchev–Trinajstić information content (AvgIpc) is 3.18. The molecule has 0 saturated carbocycles. The summed E-state index contributed by atoms with van der Waals surface area (Å²) in [6.07, 6.45) is 0.0183. The Morgan fingerprint density at radius 2 is 1.60 bits per heavy atom. The largest absolute Gasteiger partial charge is 0.492 e. The van der Waals surface area contributed by atoms with Gasteiger partial charge >= 0.3 is 6.18 Å². The molecule has 2 aromatic rings. The lowest BCUT2D eigenvalue weighted by Gasteiger charge is -2.36. The molecule has 1 fully saturated rings. The zero-order chi connectivity index (χ0) is 21.1. The average molecular weight is 439 g/mol. The maximum absolute atomic E-state index is 12.7. The van der Waals surface area contributed by atoms with E-state index in [0.717, 1.165) is 75.6 Å². The number of fused-ring (bicyclic) bond motifs is 1. The van der Waals surface area contributed by atoms with Crippen molar-refractivity contribution in [2.75, 3.05) is 44.2 Å². The van der Waals surface area contributed by atoms with E-state index < -0.39 is 11.7 Å². The number of anilines is 1. The molecular formula is C23H26ClF3N2O. The van der Waals surface area contributed by atoms with Gasteiger partial charge in [0.25, 0.3) is 0 Å². The zero-order valence-corrected chi connectivity index (χ0v) is 17.6. The van der Waals surface area contributed by atoms with E-state index in [9.17, 15) is 13.2 Å². The van der Waals surface area contributed by atoms with Crippen LogP contribution in [0.5, 0.6) is 5.75 Å². The number of ether oxygens (including phenoxy) is 1. The maximum Gasteiger partial charge on any atom is 0.416 e. The Morgan fingerprint density at radius 3 is 2.27 bits per heavy atom. The lowest BCUT2D eigenvalue weighted by molar-refractivity contribution is -0.137. The number of benzene rings is 2. The lowest BCUT2D eigenvalue weighted by atomic mass is 10.1. The SMILES string of the molecule is FC(F)(F)c1ccc(N2CCN(CCCOc3cc4c(cc3Cl)CCC4)CC2)cc1. The van der Waals surface area contributed by atoms with Gasteiger partial charge in [-0.15, -0.1) is 0 Å². The van der Waals surface area contributed by atoms with E-state index in [0.29, 0.717) is 11.6 Å². The van der Waals surface area contributed by atoms with Crippen LogP contribution in [0.1, 0.15) is 29.5 Å². The first-order valence-electron chi connectivity index (χ1n) is 10.5. The van der Waals surface area contributed by atoms with Gasteiger partial charge < -0.3 is 9.64 Å². The Labute approximate surface area is 180 Å². The van der Waals surface area contributed by atoms with Crippen LogP contribution in [0.3, 0.4) is 0 Å². The van der Waals surface area contributed by atoms with E-state index in [1.807, 2.05) is 6.07 Å². The molecule has 3 nitrogen and oxygen atoms in total. The molecule has 1 aliphatic carbocycles. The molecule has 0 N–H and O–H groups in total. The summed E-state index contributed by atoms with van der Waals surface area (Å²) >= 11 is 6.34. The quantitative estimate of drug-likeness (QED) is 0.558. The van der Waals surface area contributed by atoms with Crippen molar-refractivity contribution in [1.29, 1.82) is 0 Å². The minimum absolute atomic E-state index is 0.603. The molecule has 30 heavy (non-hydrogen) atoms. The van der Waals surface area contributed by atoms with Crippen molar-refractivity contribution in [2.24, 2.45) is 0 Å². The molecule has 0 atom stereocenters. The molecule has 0 bridgehead atoms. The van der Waals surface area contributed by atoms with Crippen LogP contribution < -0.4 is 9.64 Å². The number of rotatable bonds is 6. The number of alkyl halides is 3. The smallest absolute Gasteiger partial charge is 0.416 e. The summed E-state index contributed by atoms with van der Waals surface area (Å²) in [4.78, 5) is 4.51. The second-order valence-electron chi connectivity index (χ2n) is 7.98. The monoisotopic (exact) mass is 438 g/mol. The summed E-state index contributed by atoms with van der Waals surface area (Å²) in [5, 5.41) is 0.695. The van der Waals surface area contributed by atoms with Crippen LogP contribution in [0.4, 0.5) is 18.9 Å². The van der Waals surface area contributed by atoms with Crippen LogP contribution in [0, 0.1) is 0 Å². The fourth-order valence-electron chi connectivity index (χ4n) is 4.24. The molecular weight excluding hydrogens is 413 g/mol. The standard InChI is InChI=1S/C23H26ClF3N2O/c24-21-15-17-3-1-4-18(17)16-22(21)30-14-2-9-28-10-12-29(13-11-28)20-7-5-19(6-8-20)23(25,26)27/h5-8,15-16H,1-4,9-14H2. The van der Waals surface area contributed by atoms with Crippen LogP contribution in [-0.4, -0.2) is 44.2 Å². The number of nitrogens with zero attached hydrogens (tertiary/aromatic N) is 2. The highest BCUT2D eigenvalue weighted by atomic mass is 35.5. The Bertz CT molecular complexity index is 862. The summed E-state index contributed by atoms with van der Waals surface area (Å²) in [6.45, 7) is 4.95. The molecule has 4 rings (SSSR count). The number of piperazine rings is 1. The van der Waals surface area contributed by atoms with Gasteiger partial charge in [-0.05, 0) is 73.2 Å². The van der Waals surface area contributed by atoms with Crippen LogP contribution in [0.2, 0.25) is 5.02 Å². The van der Waals surface area contributed by atoms with Gasteiger partial charge in [-0.1, -0.05) is 11.6 Å². The van der Waals surface area contributed by atoms with E-state index >= 15 is 0 Å². The first-order chi connectivity index (χ1) is 14.4. The van der Waals surface area contributed by atoms with E-state index in [2.05, 4.69) is 15.9 Å². The summed E-state index contributed by atoms with van der Waals surface area (Å²) < 4.78 is 44.1. The number of aryl methyl sites for hydroxylation is 2. The first-order valence-corrected chi connectivity index (χ1v) is 10.9. The third-order valence-electron chi connectivity index (χ3n) is 5.95. The van der Waals surface area contributed by atoms with Crippen LogP contribution in [0.25, 0.3) is 0 Å². The van der Waals surface area contributed by atoms with Crippen molar-refractivity contribution in [3.8, 4) is 5.75 Å². The lowest BCUT2D eigenvalue weighted by Crippen LogP contribution is -2.46. The molecule has 0 amide bonds. The molecule has 2 aliphatic rings. The van der Waals surface area contributed by atoms with Crippen LogP contribution >= 0.6 is 11.6 Å². The molecule has 1 aliphatic heterocycles. The summed E-state index contributed by atoms with van der Waals surface area (Å²) in [5.74, 6) is 0.782. The van der Waals surface area contributed by atoms with Crippen molar-refractivity contribution in [2.45, 2.75) is 31.9 Å². The van der Waals surface area contributed by atoms with Crippen molar-refractivity contribution >= 4 is 17.3 Å².